The Morgan fingerprint density at radius 1 is 0.885 bits per heavy atom. The minimum absolute atomic E-state index is 0.576. The topological polar surface area (TPSA) is 23.8 Å². The first-order valence-corrected chi connectivity index (χ1v) is 11.1. The van der Waals surface area contributed by atoms with Crippen LogP contribution in [0, 0.1) is 35.0 Å². The zero-order valence-corrected chi connectivity index (χ0v) is 16.8. The summed E-state index contributed by atoms with van der Waals surface area (Å²) in [6.07, 6.45) is 24.7. The summed E-state index contributed by atoms with van der Waals surface area (Å²) in [7, 11) is 0. The molecule has 0 N–H and O–H groups in total. The summed E-state index contributed by atoms with van der Waals surface area (Å²) in [5.74, 6) is 2.81. The van der Waals surface area contributed by atoms with Crippen LogP contribution < -0.4 is 0 Å². The van der Waals surface area contributed by atoms with E-state index >= 15 is 0 Å². The third kappa shape index (κ3) is 8.07. The van der Waals surface area contributed by atoms with Gasteiger partial charge >= 0.3 is 0 Å². The molecule has 2 heteroatoms. The number of hydrogen-bond acceptors (Lipinski definition) is 1. The van der Waals surface area contributed by atoms with Crippen molar-refractivity contribution in [3.8, 4) is 6.07 Å². The molecule has 0 heterocycles. The van der Waals surface area contributed by atoms with Crippen molar-refractivity contribution in [3.05, 3.63) is 24.1 Å². The highest BCUT2D eigenvalue weighted by Crippen LogP contribution is 2.38. The molecule has 146 valence electrons. The first-order valence-electron chi connectivity index (χ1n) is 11.1. The Morgan fingerprint density at radius 2 is 1.42 bits per heavy atom. The van der Waals surface area contributed by atoms with E-state index in [0.717, 1.165) is 17.8 Å². The van der Waals surface area contributed by atoms with Gasteiger partial charge in [0.05, 0.1) is 0 Å². The maximum absolute atomic E-state index is 12.8. The molecule has 0 atom stereocenters. The molecular weight excluding hydrogens is 321 g/mol. The third-order valence-corrected chi connectivity index (χ3v) is 6.79. The minimum atomic E-state index is -0.699. The van der Waals surface area contributed by atoms with Gasteiger partial charge in [0.1, 0.15) is 6.07 Å². The normalized spacial score (nSPS) is 30.4. The van der Waals surface area contributed by atoms with Gasteiger partial charge < -0.3 is 0 Å². The first-order chi connectivity index (χ1) is 12.7. The Labute approximate surface area is 160 Å². The van der Waals surface area contributed by atoms with Gasteiger partial charge in [-0.05, 0) is 55.4 Å². The molecule has 0 radical (unpaired) electrons. The van der Waals surface area contributed by atoms with E-state index in [0.29, 0.717) is 5.92 Å². The smallest absolute Gasteiger partial charge is 0.195 e. The van der Waals surface area contributed by atoms with Crippen LogP contribution in [0.15, 0.2) is 24.1 Å². The summed E-state index contributed by atoms with van der Waals surface area (Å²) in [5, 5.41) is 8.41. The van der Waals surface area contributed by atoms with Crippen molar-refractivity contribution in [3.63, 3.8) is 0 Å². The fraction of sp³-hybridized carbons (Fsp3) is 0.792. The van der Waals surface area contributed by atoms with Crippen LogP contribution in [0.2, 0.25) is 0 Å². The minimum Gasteiger partial charge on any atom is -0.195 e. The second-order valence-electron chi connectivity index (χ2n) is 8.75. The van der Waals surface area contributed by atoms with Gasteiger partial charge in [0.25, 0.3) is 0 Å². The van der Waals surface area contributed by atoms with E-state index in [1.54, 1.807) is 6.08 Å². The van der Waals surface area contributed by atoms with E-state index in [4.69, 9.17) is 5.26 Å². The maximum atomic E-state index is 12.8. The van der Waals surface area contributed by atoms with Crippen molar-refractivity contribution in [1.82, 2.24) is 0 Å². The van der Waals surface area contributed by atoms with Crippen LogP contribution in [0.25, 0.3) is 0 Å². The number of nitriles is 1. The molecule has 1 nitrogen and oxygen atoms in total. The van der Waals surface area contributed by atoms with Gasteiger partial charge in [-0.25, -0.2) is 0 Å². The highest BCUT2D eigenvalue weighted by atomic mass is 19.1. The maximum Gasteiger partial charge on any atom is 0.199 e. The number of hydrogen-bond donors (Lipinski definition) is 0. The van der Waals surface area contributed by atoms with Gasteiger partial charge in [-0.15, -0.1) is 0 Å². The van der Waals surface area contributed by atoms with Crippen molar-refractivity contribution in [2.45, 2.75) is 96.8 Å². The number of halogens is 1. The van der Waals surface area contributed by atoms with Crippen LogP contribution >= 0.6 is 0 Å². The quantitative estimate of drug-likeness (QED) is 0.233. The van der Waals surface area contributed by atoms with Gasteiger partial charge in [-0.3, -0.25) is 0 Å². The fourth-order valence-electron chi connectivity index (χ4n) is 4.97. The Hall–Kier alpha value is -1.10. The van der Waals surface area contributed by atoms with Crippen LogP contribution in [-0.4, -0.2) is 0 Å². The van der Waals surface area contributed by atoms with Crippen LogP contribution in [0.4, 0.5) is 4.39 Å². The monoisotopic (exact) mass is 359 g/mol. The Bertz CT molecular complexity index is 471. The summed E-state index contributed by atoms with van der Waals surface area (Å²) < 4.78 is 12.8. The van der Waals surface area contributed by atoms with E-state index in [1.165, 1.54) is 102 Å². The lowest BCUT2D eigenvalue weighted by Crippen LogP contribution is -2.17. The van der Waals surface area contributed by atoms with E-state index in [2.05, 4.69) is 13.0 Å². The van der Waals surface area contributed by atoms with Gasteiger partial charge in [0.15, 0.2) is 5.83 Å². The van der Waals surface area contributed by atoms with Crippen LogP contribution in [0.1, 0.15) is 96.8 Å². The number of nitrogens with zero attached hydrogens (tertiary/aromatic N) is 1. The molecule has 0 aromatic heterocycles. The van der Waals surface area contributed by atoms with E-state index in [9.17, 15) is 4.39 Å². The summed E-state index contributed by atoms with van der Waals surface area (Å²) in [6.45, 7) is 2.30. The van der Waals surface area contributed by atoms with Gasteiger partial charge in [0.2, 0.25) is 0 Å². The fourth-order valence-corrected chi connectivity index (χ4v) is 4.97. The van der Waals surface area contributed by atoms with Crippen LogP contribution in [0.5, 0.6) is 0 Å². The van der Waals surface area contributed by atoms with E-state index in [-0.39, 0.29) is 0 Å². The molecule has 0 amide bonds. The molecule has 2 saturated carbocycles. The second-order valence-corrected chi connectivity index (χ2v) is 8.75. The summed E-state index contributed by atoms with van der Waals surface area (Å²) in [4.78, 5) is 0. The predicted molar refractivity (Wildman–Crippen MR) is 108 cm³/mol. The molecule has 2 aliphatic carbocycles. The molecule has 0 aromatic rings. The standard InChI is InChI=1S/C24H38FN/c1-2-3-4-6-20-9-13-22(14-10-20)17-18-23-15-11-21(12-16-23)7-5-8-24(25)19-26/h5,7-8,20-23H,2-4,6,9-18H2,1H3. The molecule has 2 rings (SSSR count). The lowest BCUT2D eigenvalue weighted by atomic mass is 9.75. The van der Waals surface area contributed by atoms with Gasteiger partial charge in [-0.2, -0.15) is 9.65 Å². The zero-order valence-electron chi connectivity index (χ0n) is 16.8. The predicted octanol–water partition coefficient (Wildman–Crippen LogP) is 7.89. The highest BCUT2D eigenvalue weighted by molar-refractivity contribution is 5.19. The molecule has 26 heavy (non-hydrogen) atoms. The summed E-state index contributed by atoms with van der Waals surface area (Å²) in [6, 6.07) is 1.52. The van der Waals surface area contributed by atoms with Crippen LogP contribution in [0.3, 0.4) is 0 Å². The molecule has 0 saturated heterocycles. The lowest BCUT2D eigenvalue weighted by molar-refractivity contribution is 0.219. The largest absolute Gasteiger partial charge is 0.199 e. The van der Waals surface area contributed by atoms with Crippen molar-refractivity contribution < 1.29 is 4.39 Å². The summed E-state index contributed by atoms with van der Waals surface area (Å²) >= 11 is 0. The van der Waals surface area contributed by atoms with Crippen molar-refractivity contribution in [1.29, 1.82) is 5.26 Å². The Morgan fingerprint density at radius 3 is 1.96 bits per heavy atom. The molecular formula is C24H38FN. The van der Waals surface area contributed by atoms with Gasteiger partial charge in [-0.1, -0.05) is 83.3 Å². The van der Waals surface area contributed by atoms with E-state index in [1.807, 2.05) is 0 Å². The number of unbranched alkanes of at least 4 members (excludes halogenated alkanes) is 2. The summed E-state index contributed by atoms with van der Waals surface area (Å²) in [5.41, 5.74) is 0. The van der Waals surface area contributed by atoms with Crippen molar-refractivity contribution in [2.75, 3.05) is 0 Å². The zero-order chi connectivity index (χ0) is 18.6. The molecule has 2 fully saturated rings. The molecule has 0 aromatic carbocycles. The number of allylic oxidation sites excluding steroid dienone is 4. The Kier molecular flexibility index (Phi) is 10.0. The Balaban J connectivity index is 1.56. The molecule has 0 bridgehead atoms. The molecule has 2 aliphatic rings. The lowest BCUT2D eigenvalue weighted by Gasteiger charge is -2.31. The number of rotatable bonds is 9. The second kappa shape index (κ2) is 12.3. The average molecular weight is 360 g/mol. The highest BCUT2D eigenvalue weighted by Gasteiger charge is 2.23. The van der Waals surface area contributed by atoms with Crippen molar-refractivity contribution in [2.24, 2.45) is 23.7 Å². The first kappa shape index (κ1) is 21.2. The van der Waals surface area contributed by atoms with Crippen molar-refractivity contribution >= 4 is 0 Å². The SMILES string of the molecule is CCCCCC1CCC(CCC2CCC(C=CC=C(F)C#N)CC2)CC1. The molecule has 0 unspecified atom stereocenters. The molecule has 0 spiro atoms. The molecule has 0 aliphatic heterocycles. The van der Waals surface area contributed by atoms with E-state index < -0.39 is 5.83 Å². The van der Waals surface area contributed by atoms with Crippen LogP contribution in [-0.2, 0) is 0 Å². The van der Waals surface area contributed by atoms with Gasteiger partial charge in [0, 0.05) is 0 Å². The third-order valence-electron chi connectivity index (χ3n) is 6.79. The average Bonchev–Trinajstić information content (AvgIpc) is 2.68.